The largest absolute Gasteiger partial charge is 0.393 e. The van der Waals surface area contributed by atoms with Crippen molar-refractivity contribution in [3.05, 3.63) is 64.9 Å². The van der Waals surface area contributed by atoms with E-state index >= 15 is 0 Å². The summed E-state index contributed by atoms with van der Waals surface area (Å²) in [5, 5.41) is 6.98. The average Bonchev–Trinajstić information content (AvgIpc) is 2.62. The normalized spacial score (nSPS) is 10.4. The van der Waals surface area contributed by atoms with E-state index in [2.05, 4.69) is 20.6 Å². The van der Waals surface area contributed by atoms with Crippen LogP contribution in [0.4, 0.5) is 28.7 Å². The number of nitrogens with zero attached hydrogens (tertiary/aromatic N) is 2. The van der Waals surface area contributed by atoms with Gasteiger partial charge in [0, 0.05) is 22.0 Å². The minimum Gasteiger partial charge on any atom is -0.393 e. The maximum atomic E-state index is 11.4. The number of carbonyl (C=O) groups is 1. The van der Waals surface area contributed by atoms with Crippen molar-refractivity contribution in [3.63, 3.8) is 0 Å². The molecule has 0 aliphatic carbocycles. The lowest BCUT2D eigenvalue weighted by Crippen LogP contribution is -2.06. The first-order chi connectivity index (χ1) is 12.5. The van der Waals surface area contributed by atoms with Gasteiger partial charge in [0.2, 0.25) is 0 Å². The van der Waals surface area contributed by atoms with Gasteiger partial charge in [0.05, 0.1) is 0 Å². The highest BCUT2D eigenvalue weighted by atomic mass is 35.5. The Morgan fingerprint density at radius 3 is 2.35 bits per heavy atom. The molecule has 1 aromatic heterocycles. The molecule has 0 fully saturated rings. The van der Waals surface area contributed by atoms with Crippen LogP contribution in [0.2, 0.25) is 5.02 Å². The second kappa shape index (κ2) is 7.41. The topological polar surface area (TPSA) is 92.9 Å². The van der Waals surface area contributed by atoms with Crippen molar-refractivity contribution in [3.8, 4) is 0 Å². The molecule has 0 aliphatic rings. The van der Waals surface area contributed by atoms with Crippen LogP contribution in [0, 0.1) is 6.92 Å². The van der Waals surface area contributed by atoms with Gasteiger partial charge in [-0.15, -0.1) is 0 Å². The Kier molecular flexibility index (Phi) is 5.04. The lowest BCUT2D eigenvalue weighted by molar-refractivity contribution is 0.101. The molecule has 0 spiro atoms. The molecule has 2 aromatic carbocycles. The zero-order chi connectivity index (χ0) is 18.7. The van der Waals surface area contributed by atoms with E-state index in [-0.39, 0.29) is 5.78 Å². The molecule has 1 heterocycles. The number of aromatic nitrogens is 2. The van der Waals surface area contributed by atoms with Gasteiger partial charge in [0.25, 0.3) is 0 Å². The van der Waals surface area contributed by atoms with Crippen molar-refractivity contribution in [2.75, 3.05) is 16.4 Å². The highest BCUT2D eigenvalue weighted by Crippen LogP contribution is 2.31. The maximum Gasteiger partial charge on any atom is 0.159 e. The summed E-state index contributed by atoms with van der Waals surface area (Å²) in [4.78, 5) is 19.8. The van der Waals surface area contributed by atoms with Gasteiger partial charge in [-0.05, 0) is 55.8 Å². The first-order valence-electron chi connectivity index (χ1n) is 7.96. The van der Waals surface area contributed by atoms with Gasteiger partial charge in [-0.3, -0.25) is 4.79 Å². The summed E-state index contributed by atoms with van der Waals surface area (Å²) in [7, 11) is 0. The second-order valence-corrected chi connectivity index (χ2v) is 6.19. The van der Waals surface area contributed by atoms with E-state index in [0.717, 1.165) is 16.9 Å². The summed E-state index contributed by atoms with van der Waals surface area (Å²) in [5.74, 6) is 0.965. The Labute approximate surface area is 156 Å². The lowest BCUT2D eigenvalue weighted by Gasteiger charge is -2.14. The van der Waals surface area contributed by atoms with Gasteiger partial charge < -0.3 is 16.4 Å². The van der Waals surface area contributed by atoms with Gasteiger partial charge in [-0.2, -0.15) is 0 Å². The second-order valence-electron chi connectivity index (χ2n) is 5.78. The van der Waals surface area contributed by atoms with Gasteiger partial charge in [0.15, 0.2) is 17.4 Å². The van der Waals surface area contributed by atoms with Crippen molar-refractivity contribution in [1.82, 2.24) is 9.97 Å². The lowest BCUT2D eigenvalue weighted by atomic mass is 10.1. The van der Waals surface area contributed by atoms with E-state index in [1.54, 1.807) is 24.3 Å². The molecule has 0 aliphatic heterocycles. The molecule has 0 amide bonds. The summed E-state index contributed by atoms with van der Waals surface area (Å²) in [6, 6.07) is 12.7. The van der Waals surface area contributed by atoms with Crippen molar-refractivity contribution >= 4 is 46.1 Å². The molecular weight excluding hydrogens is 350 g/mol. The van der Waals surface area contributed by atoms with Crippen LogP contribution < -0.4 is 16.4 Å². The van der Waals surface area contributed by atoms with Crippen LogP contribution in [0.25, 0.3) is 0 Å². The predicted octanol–water partition coefficient (Wildman–Crippen LogP) is 4.71. The fourth-order valence-electron chi connectivity index (χ4n) is 2.39. The predicted molar refractivity (Wildman–Crippen MR) is 106 cm³/mol. The standard InChI is InChI=1S/C19H18ClN5O/c1-11-15(20)4-3-5-16(11)25-19-17(21)18(22-10-23-19)24-14-8-6-13(7-9-14)12(2)26/h3-10H,21H2,1-2H3,(H2,22,23,24,25). The molecular formula is C19H18ClN5O. The average molecular weight is 368 g/mol. The number of halogens is 1. The van der Waals surface area contributed by atoms with Crippen molar-refractivity contribution in [1.29, 1.82) is 0 Å². The van der Waals surface area contributed by atoms with E-state index in [0.29, 0.717) is 27.9 Å². The number of ketones is 1. The van der Waals surface area contributed by atoms with Crippen LogP contribution in [-0.4, -0.2) is 15.8 Å². The molecule has 6 nitrogen and oxygen atoms in total. The number of anilines is 5. The molecule has 132 valence electrons. The van der Waals surface area contributed by atoms with E-state index in [9.17, 15) is 4.79 Å². The van der Waals surface area contributed by atoms with Crippen LogP contribution in [0.15, 0.2) is 48.8 Å². The Morgan fingerprint density at radius 1 is 1.04 bits per heavy atom. The van der Waals surface area contributed by atoms with Gasteiger partial charge in [-0.25, -0.2) is 9.97 Å². The summed E-state index contributed by atoms with van der Waals surface area (Å²) in [6.07, 6.45) is 1.42. The fraction of sp³-hybridized carbons (Fsp3) is 0.105. The number of benzene rings is 2. The van der Waals surface area contributed by atoms with Gasteiger partial charge >= 0.3 is 0 Å². The molecule has 3 rings (SSSR count). The quantitative estimate of drug-likeness (QED) is 0.565. The SMILES string of the molecule is CC(=O)c1ccc(Nc2ncnc(Nc3cccc(Cl)c3C)c2N)cc1. The highest BCUT2D eigenvalue weighted by Gasteiger charge is 2.11. The van der Waals surface area contributed by atoms with Crippen molar-refractivity contribution in [2.45, 2.75) is 13.8 Å². The molecule has 4 N–H and O–H groups in total. The Balaban J connectivity index is 1.85. The third-order valence-electron chi connectivity index (χ3n) is 3.96. The minimum absolute atomic E-state index is 0.0153. The molecule has 0 unspecified atom stereocenters. The number of rotatable bonds is 5. The van der Waals surface area contributed by atoms with Crippen molar-refractivity contribution in [2.24, 2.45) is 0 Å². The Morgan fingerprint density at radius 2 is 1.69 bits per heavy atom. The highest BCUT2D eigenvalue weighted by molar-refractivity contribution is 6.31. The van der Waals surface area contributed by atoms with Crippen LogP contribution in [0.5, 0.6) is 0 Å². The summed E-state index contributed by atoms with van der Waals surface area (Å²) in [5.41, 5.74) is 9.72. The number of hydrogen-bond donors (Lipinski definition) is 3. The maximum absolute atomic E-state index is 11.4. The summed E-state index contributed by atoms with van der Waals surface area (Å²) >= 11 is 6.15. The molecule has 3 aromatic rings. The molecule has 0 saturated carbocycles. The number of nitrogen functional groups attached to an aromatic ring is 1. The first-order valence-corrected chi connectivity index (χ1v) is 8.34. The van der Waals surface area contributed by atoms with E-state index in [1.807, 2.05) is 25.1 Å². The number of hydrogen-bond acceptors (Lipinski definition) is 6. The van der Waals surface area contributed by atoms with Crippen LogP contribution in [-0.2, 0) is 0 Å². The smallest absolute Gasteiger partial charge is 0.159 e. The van der Waals surface area contributed by atoms with E-state index in [4.69, 9.17) is 17.3 Å². The molecule has 26 heavy (non-hydrogen) atoms. The zero-order valence-electron chi connectivity index (χ0n) is 14.4. The van der Waals surface area contributed by atoms with Crippen LogP contribution in [0.1, 0.15) is 22.8 Å². The third-order valence-corrected chi connectivity index (χ3v) is 4.37. The van der Waals surface area contributed by atoms with E-state index < -0.39 is 0 Å². The van der Waals surface area contributed by atoms with Gasteiger partial charge in [-0.1, -0.05) is 17.7 Å². The zero-order valence-corrected chi connectivity index (χ0v) is 15.1. The number of nitrogens with two attached hydrogens (primary N) is 1. The van der Waals surface area contributed by atoms with Gasteiger partial charge in [0.1, 0.15) is 12.0 Å². The number of Topliss-reactive ketones (excluding diaryl/α,β-unsaturated/α-hetero) is 1. The third kappa shape index (κ3) is 3.75. The number of nitrogens with one attached hydrogen (secondary N) is 2. The molecule has 0 saturated heterocycles. The summed E-state index contributed by atoms with van der Waals surface area (Å²) < 4.78 is 0. The van der Waals surface area contributed by atoms with Crippen LogP contribution in [0.3, 0.4) is 0 Å². The van der Waals surface area contributed by atoms with Crippen molar-refractivity contribution < 1.29 is 4.79 Å². The van der Waals surface area contributed by atoms with Crippen LogP contribution >= 0.6 is 11.6 Å². The first kappa shape index (κ1) is 17.7. The molecule has 0 radical (unpaired) electrons. The molecule has 0 bridgehead atoms. The minimum atomic E-state index is 0.0153. The monoisotopic (exact) mass is 367 g/mol. The number of carbonyl (C=O) groups excluding carboxylic acids is 1. The fourth-order valence-corrected chi connectivity index (χ4v) is 2.56. The Bertz CT molecular complexity index is 957. The molecule has 7 heteroatoms. The molecule has 0 atom stereocenters. The Hall–Kier alpha value is -3.12. The summed E-state index contributed by atoms with van der Waals surface area (Å²) in [6.45, 7) is 3.44. The van der Waals surface area contributed by atoms with E-state index in [1.165, 1.54) is 13.3 Å².